The number of aromatic nitrogens is 2. The van der Waals surface area contributed by atoms with Crippen molar-refractivity contribution in [1.29, 1.82) is 0 Å². The summed E-state index contributed by atoms with van der Waals surface area (Å²) in [4.78, 5) is 166. The van der Waals surface area contributed by atoms with Crippen LogP contribution in [0.1, 0.15) is 136 Å². The van der Waals surface area contributed by atoms with Crippen molar-refractivity contribution in [1.82, 2.24) is 56.6 Å². The van der Waals surface area contributed by atoms with Gasteiger partial charge in [-0.1, -0.05) is 39.3 Å². The number of amides is 11. The van der Waals surface area contributed by atoms with Crippen LogP contribution in [0.5, 0.6) is 0 Å². The molecule has 0 bridgehead atoms. The van der Waals surface area contributed by atoms with Crippen molar-refractivity contribution in [2.45, 2.75) is 203 Å². The summed E-state index contributed by atoms with van der Waals surface area (Å²) in [5.74, 6) is -6.61. The van der Waals surface area contributed by atoms with Gasteiger partial charge in [-0.15, -0.1) is 0 Å². The molecule has 0 fully saturated rings. The van der Waals surface area contributed by atoms with E-state index in [1.165, 1.54) is 27.7 Å². The second-order valence-corrected chi connectivity index (χ2v) is 36.3. The Balaban J connectivity index is 0.635. The van der Waals surface area contributed by atoms with E-state index in [4.69, 9.17) is 87.2 Å². The molecule has 2 aromatic heterocycles. The fourth-order valence-corrected chi connectivity index (χ4v) is 16.6. The molecule has 1 aliphatic carbocycles. The van der Waals surface area contributed by atoms with E-state index in [0.717, 1.165) is 4.90 Å². The Morgan fingerprint density at radius 3 is 1.57 bits per heavy atom. The highest BCUT2D eigenvalue weighted by Crippen LogP contribution is 2.46. The van der Waals surface area contributed by atoms with Crippen LogP contribution in [0, 0.1) is 18.7 Å². The maximum atomic E-state index is 15.6. The molecule has 0 spiro atoms. The summed E-state index contributed by atoms with van der Waals surface area (Å²) in [6.07, 6.45) is -12.0. The third kappa shape index (κ3) is 40.8. The number of hydrogen-bond donors (Lipinski definition) is 20. The minimum absolute atomic E-state index is 0.0192. The van der Waals surface area contributed by atoms with Crippen LogP contribution in [0.3, 0.4) is 0 Å². The van der Waals surface area contributed by atoms with Gasteiger partial charge in [0.15, 0.2) is 5.60 Å². The average Bonchev–Trinajstić information content (AvgIpc) is 1.53. The highest BCUT2D eigenvalue weighted by Gasteiger charge is 2.47. The van der Waals surface area contributed by atoms with Crippen LogP contribution in [0.15, 0.2) is 53.3 Å². The molecule has 21 N–H and O–H groups in total. The number of pyridine rings is 2. The van der Waals surface area contributed by atoms with Crippen LogP contribution >= 0.6 is 0 Å². The van der Waals surface area contributed by atoms with Crippen molar-refractivity contribution in [3.05, 3.63) is 104 Å². The second-order valence-electron chi connectivity index (χ2n) is 36.3. The number of cyclic esters (lactones) is 1. The smallest absolute Gasteiger partial charge is 0.407 e. The lowest BCUT2D eigenvalue weighted by atomic mass is 9.81. The van der Waals surface area contributed by atoms with Gasteiger partial charge in [0, 0.05) is 105 Å². The molecule has 0 saturated heterocycles. The van der Waals surface area contributed by atoms with Crippen molar-refractivity contribution in [2.24, 2.45) is 11.7 Å². The fraction of sp³-hybridized carbons (Fsp3) is 0.667. The Hall–Kier alpha value is -10.5. The predicted molar refractivity (Wildman–Crippen MR) is 529 cm³/mol. The molecule has 11 amide bonds. The molecule has 0 radical (unpaired) electrons. The van der Waals surface area contributed by atoms with Gasteiger partial charge in [-0.2, -0.15) is 0 Å². The van der Waals surface area contributed by atoms with E-state index >= 15 is 4.39 Å². The number of fused-ring (bicyclic) bond motifs is 5. The molecule has 50 nitrogen and oxygen atoms in total. The number of urea groups is 1. The molecule has 0 saturated carbocycles. The number of aryl methyl sites for hydroxylation is 1. The number of carbonyl (C=O) groups is 11. The molecule has 4 aliphatic rings. The lowest BCUT2D eigenvalue weighted by Crippen LogP contribution is -2.58. The highest BCUT2D eigenvalue weighted by atomic mass is 19.1. The number of ether oxygens (including phenoxy) is 14. The summed E-state index contributed by atoms with van der Waals surface area (Å²) in [7, 11) is 0. The standard InChI is InChI=1S/C99H150FN13O37/c1-5-99(136)68-52-74-87-66(54-113(74)95(132)67(68)60-149-96(99)133)85-70(17-16-65-62(4)69(100)53-73(107-87)84(65)85)109-98(135)150-59-63-12-14-64(15-13-63)105-92(129)71(10-9-23-104-97(101)134)108-94(131)86(61(2)3)110-93(130)72(106-81(122)11-7-6-8-26-112-82(123)20-21-83(112)124)18-19-79(120)103-25-29-138-31-33-140-35-37-142-39-41-144-43-45-146-47-49-148-51-50-147-48-46-145-44-42-143-40-38-141-36-34-139-32-30-137-28-22-80(121)102-24-27-111(55-75(116)88(125)90(127)77(118)57-114)56-76(117)89(126)91(128)78(119)58-115/h12-15,20-21,52-53,61,70-72,75-78,86,88-91,114-119,125-128,136H,5-11,16-19,22-51,54-60H2,1-4H3,(H,102,121)(H,103,120)(H,105,129)(H,106,122)(H,108,131)(H,109,135)(H,110,130)(H3,101,104,134)/t70-,71-,72-,75-,76-,77+,78+,86-,88+,89+,90+,91+,99-/m0/s1. The molecule has 5 heterocycles. The van der Waals surface area contributed by atoms with Gasteiger partial charge in [-0.05, 0) is 105 Å². The lowest BCUT2D eigenvalue weighted by molar-refractivity contribution is -0.172. The predicted octanol–water partition coefficient (Wildman–Crippen LogP) is -3.80. The number of nitrogens with zero attached hydrogens (tertiary/aromatic N) is 4. The number of rotatable bonds is 79. The van der Waals surface area contributed by atoms with Gasteiger partial charge in [0.05, 0.1) is 219 Å². The van der Waals surface area contributed by atoms with Crippen LogP contribution in [-0.4, -0.2) is 425 Å². The summed E-state index contributed by atoms with van der Waals surface area (Å²) < 4.78 is 94.5. The Morgan fingerprint density at radius 1 is 0.553 bits per heavy atom. The Labute approximate surface area is 867 Å². The summed E-state index contributed by atoms with van der Waals surface area (Å²) in [6.45, 7) is 10.5. The molecule has 13 atom stereocenters. The summed E-state index contributed by atoms with van der Waals surface area (Å²) in [6, 6.07) is 3.68. The maximum Gasteiger partial charge on any atom is 0.407 e. The number of hydrogen-bond acceptors (Lipinski definition) is 39. The van der Waals surface area contributed by atoms with Gasteiger partial charge >= 0.3 is 18.1 Å². The summed E-state index contributed by atoms with van der Waals surface area (Å²) in [5, 5.41) is 133. The minimum atomic E-state index is -2.09. The number of anilines is 1. The molecule has 150 heavy (non-hydrogen) atoms. The van der Waals surface area contributed by atoms with E-state index in [1.54, 1.807) is 58.0 Å². The molecular formula is C99H150FN13O37. The lowest BCUT2D eigenvalue weighted by Gasteiger charge is -2.33. The number of primary amides is 1. The van der Waals surface area contributed by atoms with Crippen LogP contribution in [-0.2, 0) is 141 Å². The second kappa shape index (κ2) is 67.1. The third-order valence-corrected chi connectivity index (χ3v) is 25.0. The molecule has 4 aromatic rings. The number of aliphatic hydroxyl groups is 11. The third-order valence-electron chi connectivity index (χ3n) is 25.0. The van der Waals surface area contributed by atoms with E-state index in [-0.39, 0.29) is 166 Å². The normalized spacial score (nSPS) is 16.8. The SMILES string of the molecule is CC[C@@]1(O)C(=O)OCc2c1cc1n(c2=O)Cc2c-1nc1cc(F)c(C)c3c1c2[C@@H](NC(=O)OCc1ccc(NC(=O)[C@H](CCCNC(N)=O)NC(=O)[C@@H](NC(=O)[C@H](CCC(=O)NCCOCCOCCOCCOCCOCCOCCOCCOCCOCCOCCOCCOCCC(=O)NCCN(C[C@H](O)[C@@H](O)[C@H](O)[C@H](O)CO)C[C@H](O)[C@@H](O)[C@H](O)[C@H](O)CO)NC(=O)CCCCCN2C(=O)C=CC2=O)C(C)C)cc1)CC3. The van der Waals surface area contributed by atoms with E-state index in [1.807, 2.05) is 0 Å². The van der Waals surface area contributed by atoms with Gasteiger partial charge in [-0.3, -0.25) is 53.0 Å². The van der Waals surface area contributed by atoms with Gasteiger partial charge in [-0.25, -0.2) is 23.8 Å². The number of unbranched alkanes of at least 4 members (excludes halogenated alkanes) is 2. The number of carbonyl (C=O) groups excluding carboxylic acids is 11. The summed E-state index contributed by atoms with van der Waals surface area (Å²) >= 11 is 0. The zero-order valence-electron chi connectivity index (χ0n) is 85.3. The molecule has 3 aliphatic heterocycles. The van der Waals surface area contributed by atoms with Crippen molar-refractivity contribution in [2.75, 3.05) is 223 Å². The highest BCUT2D eigenvalue weighted by molar-refractivity contribution is 6.13. The molecule has 8 rings (SSSR count). The maximum absolute atomic E-state index is 15.6. The quantitative estimate of drug-likeness (QED) is 0.0101. The van der Waals surface area contributed by atoms with Crippen LogP contribution in [0.2, 0.25) is 0 Å². The molecule has 840 valence electrons. The monoisotopic (exact) mass is 2130 g/mol. The van der Waals surface area contributed by atoms with Crippen molar-refractivity contribution in [3.63, 3.8) is 0 Å². The number of benzene rings is 2. The first-order valence-electron chi connectivity index (χ1n) is 50.6. The van der Waals surface area contributed by atoms with Gasteiger partial charge in [0.25, 0.3) is 17.4 Å². The van der Waals surface area contributed by atoms with Crippen molar-refractivity contribution < 1.29 is 180 Å². The zero-order valence-corrected chi connectivity index (χ0v) is 85.3. The van der Waals surface area contributed by atoms with Crippen molar-refractivity contribution in [3.8, 4) is 11.4 Å². The van der Waals surface area contributed by atoms with Gasteiger partial charge in [0.2, 0.25) is 35.4 Å². The number of esters is 1. The fourth-order valence-electron chi connectivity index (χ4n) is 16.6. The molecule has 51 heteroatoms. The van der Waals surface area contributed by atoms with E-state index in [2.05, 4.69) is 42.5 Å². The number of alkyl carbamates (subject to hydrolysis) is 1. The van der Waals surface area contributed by atoms with Crippen LogP contribution in [0.25, 0.3) is 22.3 Å². The minimum Gasteiger partial charge on any atom is -0.458 e. The van der Waals surface area contributed by atoms with Crippen LogP contribution in [0.4, 0.5) is 19.7 Å². The zero-order chi connectivity index (χ0) is 109. The van der Waals surface area contributed by atoms with E-state index < -0.39 is 188 Å². The van der Waals surface area contributed by atoms with Crippen molar-refractivity contribution >= 4 is 81.9 Å². The van der Waals surface area contributed by atoms with E-state index in [0.29, 0.717) is 189 Å². The number of aliphatic hydroxyl groups excluding tert-OH is 10. The Morgan fingerprint density at radius 2 is 1.05 bits per heavy atom. The average molecular weight is 2130 g/mol. The first kappa shape index (κ1) is 125. The Kier molecular flexibility index (Phi) is 55.8. The number of halogens is 1. The Bertz CT molecular complexity index is 4960. The molecule has 2 aromatic carbocycles. The van der Waals surface area contributed by atoms with Gasteiger partial charge < -0.3 is 175 Å². The molecular weight excluding hydrogens is 1980 g/mol. The van der Waals surface area contributed by atoms with E-state index in [9.17, 15) is 103 Å². The first-order valence-corrected chi connectivity index (χ1v) is 50.6. The topological polar surface area (TPSA) is 703 Å². The number of imide groups is 1. The first-order chi connectivity index (χ1) is 72.1. The van der Waals surface area contributed by atoms with Crippen LogP contribution < -0.4 is 53.8 Å². The number of nitrogens with one attached hydrogen (secondary N) is 8. The summed E-state index contributed by atoms with van der Waals surface area (Å²) in [5.41, 5.74) is 6.98. The van der Waals surface area contributed by atoms with Gasteiger partial charge in [0.1, 0.15) is 73.8 Å². The molecule has 0 unspecified atom stereocenters. The number of nitrogens with two attached hydrogens (primary N) is 1. The largest absolute Gasteiger partial charge is 0.458 e.